The van der Waals surface area contributed by atoms with Gasteiger partial charge in [-0.05, 0) is 98.1 Å². The van der Waals surface area contributed by atoms with Gasteiger partial charge in [-0.3, -0.25) is 0 Å². The van der Waals surface area contributed by atoms with E-state index in [1.54, 1.807) is 0 Å². The number of aryl methyl sites for hydroxylation is 1. The first-order valence-corrected chi connectivity index (χ1v) is 17.9. The number of nitrogens with zero attached hydrogens (tertiary/aromatic N) is 1. The molecule has 0 bridgehead atoms. The van der Waals surface area contributed by atoms with Crippen LogP contribution in [0.4, 0.5) is 17.1 Å². The average Bonchev–Trinajstić information content (AvgIpc) is 3.41. The number of hydrogen-bond acceptors (Lipinski definition) is 1. The summed E-state index contributed by atoms with van der Waals surface area (Å²) in [5, 5.41) is 2.45. The van der Waals surface area contributed by atoms with E-state index in [4.69, 9.17) is 0 Å². The summed E-state index contributed by atoms with van der Waals surface area (Å²) in [7, 11) is 0. The fourth-order valence-electron chi connectivity index (χ4n) is 8.22. The lowest BCUT2D eigenvalue weighted by molar-refractivity contribution is 0.660. The van der Waals surface area contributed by atoms with Crippen LogP contribution in [0.5, 0.6) is 0 Å². The second-order valence-electron chi connectivity index (χ2n) is 14.2. The average molecular weight is 654 g/mol. The van der Waals surface area contributed by atoms with E-state index in [0.29, 0.717) is 0 Å². The van der Waals surface area contributed by atoms with Crippen molar-refractivity contribution in [1.82, 2.24) is 0 Å². The SMILES string of the molecule is Cc1ccccc1-c1cc2ccccc2cc1N(c1ccc2c(c1)C(C)(C)c1cccc(-c3ccccc3)c1-2)c1ccccc1-c1ccccc1. The third-order valence-corrected chi connectivity index (χ3v) is 10.8. The van der Waals surface area contributed by atoms with E-state index >= 15 is 0 Å². The monoisotopic (exact) mass is 653 g/mol. The molecule has 0 amide bonds. The van der Waals surface area contributed by atoms with Crippen molar-refractivity contribution >= 4 is 27.8 Å². The fraction of sp³-hybridized carbons (Fsp3) is 0.0800. The van der Waals surface area contributed by atoms with Crippen molar-refractivity contribution < 1.29 is 0 Å². The molecular weight excluding hydrogens is 615 g/mol. The molecule has 0 aliphatic heterocycles. The van der Waals surface area contributed by atoms with Crippen molar-refractivity contribution in [3.8, 4) is 44.5 Å². The Bertz CT molecular complexity index is 2560. The number of para-hydroxylation sites is 1. The summed E-state index contributed by atoms with van der Waals surface area (Å²) in [5.41, 5.74) is 17.3. The maximum atomic E-state index is 2.51. The molecule has 1 nitrogen and oxygen atoms in total. The smallest absolute Gasteiger partial charge is 0.0546 e. The highest BCUT2D eigenvalue weighted by molar-refractivity contribution is 6.01. The van der Waals surface area contributed by atoms with Crippen molar-refractivity contribution in [3.63, 3.8) is 0 Å². The molecule has 0 atom stereocenters. The van der Waals surface area contributed by atoms with Crippen LogP contribution in [0, 0.1) is 6.92 Å². The summed E-state index contributed by atoms with van der Waals surface area (Å²) < 4.78 is 0. The van der Waals surface area contributed by atoms with E-state index in [0.717, 1.165) is 17.1 Å². The van der Waals surface area contributed by atoms with E-state index in [9.17, 15) is 0 Å². The molecule has 0 N–H and O–H groups in total. The molecule has 0 heterocycles. The summed E-state index contributed by atoms with van der Waals surface area (Å²) in [6, 6.07) is 66.7. The van der Waals surface area contributed by atoms with E-state index in [-0.39, 0.29) is 5.41 Å². The highest BCUT2D eigenvalue weighted by atomic mass is 15.1. The van der Waals surface area contributed by atoms with Gasteiger partial charge >= 0.3 is 0 Å². The topological polar surface area (TPSA) is 3.24 Å². The predicted molar refractivity (Wildman–Crippen MR) is 217 cm³/mol. The van der Waals surface area contributed by atoms with Gasteiger partial charge in [0.15, 0.2) is 0 Å². The molecule has 1 aliphatic rings. The molecule has 51 heavy (non-hydrogen) atoms. The zero-order valence-electron chi connectivity index (χ0n) is 29.3. The minimum Gasteiger partial charge on any atom is -0.309 e. The molecule has 9 rings (SSSR count). The number of rotatable bonds is 6. The maximum Gasteiger partial charge on any atom is 0.0546 e. The molecule has 244 valence electrons. The molecular formula is C50H39N. The maximum absolute atomic E-state index is 2.51. The molecule has 0 radical (unpaired) electrons. The second kappa shape index (κ2) is 12.3. The minimum atomic E-state index is -0.182. The van der Waals surface area contributed by atoms with Crippen LogP contribution in [-0.2, 0) is 5.41 Å². The Morgan fingerprint density at radius 3 is 1.71 bits per heavy atom. The third-order valence-electron chi connectivity index (χ3n) is 10.8. The lowest BCUT2D eigenvalue weighted by Gasteiger charge is -2.32. The standard InChI is InChI=1S/C50H39N/c1-34-17-10-13-24-40(34)44-31-37-22-11-12-23-38(37)32-48(44)51(47-28-15-14-25-41(47)35-18-6-4-7-19-35)39-29-30-43-46(33-39)50(2,3)45-27-16-26-42(49(43)45)36-20-8-5-9-21-36/h4-33H,1-3H3. The van der Waals surface area contributed by atoms with Crippen LogP contribution in [0.15, 0.2) is 182 Å². The third kappa shape index (κ3) is 5.16. The van der Waals surface area contributed by atoms with Gasteiger partial charge in [-0.15, -0.1) is 0 Å². The van der Waals surface area contributed by atoms with E-state index in [1.807, 2.05) is 0 Å². The quantitative estimate of drug-likeness (QED) is 0.173. The Morgan fingerprint density at radius 1 is 0.392 bits per heavy atom. The normalized spacial score (nSPS) is 12.8. The summed E-state index contributed by atoms with van der Waals surface area (Å²) in [6.45, 7) is 6.98. The van der Waals surface area contributed by atoms with Crippen LogP contribution < -0.4 is 4.90 Å². The molecule has 1 aliphatic carbocycles. The molecule has 8 aromatic rings. The van der Waals surface area contributed by atoms with Crippen molar-refractivity contribution in [2.24, 2.45) is 0 Å². The van der Waals surface area contributed by atoms with Gasteiger partial charge in [0.05, 0.1) is 11.4 Å². The molecule has 1 heteroatoms. The first kappa shape index (κ1) is 30.8. The van der Waals surface area contributed by atoms with Crippen LogP contribution in [0.1, 0.15) is 30.5 Å². The van der Waals surface area contributed by atoms with Gasteiger partial charge in [0.25, 0.3) is 0 Å². The molecule has 0 unspecified atom stereocenters. The van der Waals surface area contributed by atoms with Crippen LogP contribution in [0.25, 0.3) is 55.3 Å². The Morgan fingerprint density at radius 2 is 0.980 bits per heavy atom. The Labute approximate surface area is 301 Å². The van der Waals surface area contributed by atoms with Crippen molar-refractivity contribution in [2.45, 2.75) is 26.2 Å². The lowest BCUT2D eigenvalue weighted by Crippen LogP contribution is -2.17. The first-order chi connectivity index (χ1) is 25.0. The molecule has 0 spiro atoms. The predicted octanol–water partition coefficient (Wildman–Crippen LogP) is 13.9. The van der Waals surface area contributed by atoms with Gasteiger partial charge in [0.1, 0.15) is 0 Å². The van der Waals surface area contributed by atoms with Crippen molar-refractivity contribution in [1.29, 1.82) is 0 Å². The van der Waals surface area contributed by atoms with Gasteiger partial charge < -0.3 is 4.90 Å². The zero-order chi connectivity index (χ0) is 34.5. The zero-order valence-corrected chi connectivity index (χ0v) is 29.3. The number of hydrogen-bond donors (Lipinski definition) is 0. The number of fused-ring (bicyclic) bond motifs is 4. The summed E-state index contributed by atoms with van der Waals surface area (Å²) in [4.78, 5) is 2.51. The fourth-order valence-corrected chi connectivity index (χ4v) is 8.22. The minimum absolute atomic E-state index is 0.182. The second-order valence-corrected chi connectivity index (χ2v) is 14.2. The van der Waals surface area contributed by atoms with Crippen molar-refractivity contribution in [2.75, 3.05) is 4.90 Å². The first-order valence-electron chi connectivity index (χ1n) is 17.9. The van der Waals surface area contributed by atoms with Crippen LogP contribution in [-0.4, -0.2) is 0 Å². The molecule has 0 fully saturated rings. The van der Waals surface area contributed by atoms with Crippen molar-refractivity contribution in [3.05, 3.63) is 199 Å². The lowest BCUT2D eigenvalue weighted by atomic mass is 9.81. The highest BCUT2D eigenvalue weighted by Gasteiger charge is 2.37. The highest BCUT2D eigenvalue weighted by Crippen LogP contribution is 2.54. The Hall–Kier alpha value is -6.18. The summed E-state index contributed by atoms with van der Waals surface area (Å²) in [5.74, 6) is 0. The summed E-state index contributed by atoms with van der Waals surface area (Å²) in [6.07, 6.45) is 0. The van der Waals surface area contributed by atoms with Gasteiger partial charge in [0, 0.05) is 22.2 Å². The van der Waals surface area contributed by atoms with Gasteiger partial charge in [0.2, 0.25) is 0 Å². The number of benzene rings is 8. The molecule has 8 aromatic carbocycles. The van der Waals surface area contributed by atoms with Gasteiger partial charge in [-0.2, -0.15) is 0 Å². The number of anilines is 3. The molecule has 0 saturated heterocycles. The van der Waals surface area contributed by atoms with E-state index in [2.05, 4.69) is 208 Å². The Kier molecular flexibility index (Phi) is 7.44. The Balaban J connectivity index is 1.34. The van der Waals surface area contributed by atoms with Crippen LogP contribution in [0.3, 0.4) is 0 Å². The molecule has 0 aromatic heterocycles. The van der Waals surface area contributed by atoms with E-state index in [1.165, 1.54) is 72.0 Å². The van der Waals surface area contributed by atoms with Gasteiger partial charge in [-0.1, -0.05) is 166 Å². The van der Waals surface area contributed by atoms with Gasteiger partial charge in [-0.25, -0.2) is 0 Å². The molecule has 0 saturated carbocycles. The van der Waals surface area contributed by atoms with E-state index < -0.39 is 0 Å². The largest absolute Gasteiger partial charge is 0.309 e. The van der Waals surface area contributed by atoms with Crippen LogP contribution >= 0.6 is 0 Å². The summed E-state index contributed by atoms with van der Waals surface area (Å²) >= 11 is 0. The van der Waals surface area contributed by atoms with Crippen LogP contribution in [0.2, 0.25) is 0 Å².